The predicted molar refractivity (Wildman–Crippen MR) is 66.8 cm³/mol. The molecule has 1 aromatic rings. The van der Waals surface area contributed by atoms with Crippen LogP contribution in [0.4, 0.5) is 11.5 Å². The molecule has 1 aliphatic rings. The maximum atomic E-state index is 11.3. The molecule has 6 nitrogen and oxygen atoms in total. The van der Waals surface area contributed by atoms with Crippen molar-refractivity contribution < 1.29 is 8.42 Å². The number of sulfone groups is 1. The van der Waals surface area contributed by atoms with Crippen LogP contribution in [0.3, 0.4) is 0 Å². The maximum Gasteiger partial charge on any atom is 0.157 e. The monoisotopic (exact) mass is 276 g/mol. The normalized spacial score (nSPS) is 20.1. The van der Waals surface area contributed by atoms with Gasteiger partial charge in [-0.2, -0.15) is 0 Å². The molecule has 0 unspecified atom stereocenters. The second-order valence-electron chi connectivity index (χ2n) is 4.00. The predicted octanol–water partition coefficient (Wildman–Crippen LogP) is 0.701. The third-order valence-corrected chi connectivity index (χ3v) is 4.75. The number of hydrogen-bond acceptors (Lipinski definition) is 6. The summed E-state index contributed by atoms with van der Waals surface area (Å²) in [6.07, 6.45) is 2.44. The summed E-state index contributed by atoms with van der Waals surface area (Å²) >= 11 is 5.76. The molecule has 0 aromatic carbocycles. The van der Waals surface area contributed by atoms with Crippen molar-refractivity contribution in [1.82, 2.24) is 9.97 Å². The summed E-state index contributed by atoms with van der Waals surface area (Å²) in [5.74, 6) is 0.863. The molecule has 0 atom stereocenters. The summed E-state index contributed by atoms with van der Waals surface area (Å²) in [4.78, 5) is 7.74. The first-order valence-corrected chi connectivity index (χ1v) is 7.41. The molecule has 0 aliphatic carbocycles. The molecule has 0 spiro atoms. The summed E-state index contributed by atoms with van der Waals surface area (Å²) in [5.41, 5.74) is 6.01. The highest BCUT2D eigenvalue weighted by Gasteiger charge is 2.24. The van der Waals surface area contributed by atoms with Crippen LogP contribution in [0.25, 0.3) is 0 Å². The van der Waals surface area contributed by atoms with E-state index in [0.29, 0.717) is 24.3 Å². The van der Waals surface area contributed by atoms with Crippen LogP contribution in [0.15, 0.2) is 6.33 Å². The number of nitrogens with one attached hydrogen (secondary N) is 1. The van der Waals surface area contributed by atoms with Gasteiger partial charge in [-0.05, 0) is 12.8 Å². The highest BCUT2D eigenvalue weighted by Crippen LogP contribution is 2.24. The molecule has 0 radical (unpaired) electrons. The van der Waals surface area contributed by atoms with Gasteiger partial charge < -0.3 is 11.1 Å². The third kappa shape index (κ3) is 2.98. The lowest BCUT2D eigenvalue weighted by molar-refractivity contribution is 0.559. The number of nitrogens with zero attached hydrogens (tertiary/aromatic N) is 2. The van der Waals surface area contributed by atoms with E-state index in [0.717, 1.165) is 0 Å². The fraction of sp³-hybridized carbons (Fsp3) is 0.556. The fourth-order valence-electron chi connectivity index (χ4n) is 1.72. The van der Waals surface area contributed by atoms with Crippen LogP contribution >= 0.6 is 11.6 Å². The molecule has 0 bridgehead atoms. The molecule has 17 heavy (non-hydrogen) atoms. The van der Waals surface area contributed by atoms with Gasteiger partial charge in [0.05, 0.1) is 11.5 Å². The number of nitrogens with two attached hydrogens (primary N) is 1. The number of rotatable bonds is 2. The zero-order chi connectivity index (χ0) is 12.5. The number of anilines is 2. The maximum absolute atomic E-state index is 11.3. The molecule has 2 heterocycles. The highest BCUT2D eigenvalue weighted by atomic mass is 35.5. The lowest BCUT2D eigenvalue weighted by Gasteiger charge is -2.24. The minimum atomic E-state index is -2.86. The van der Waals surface area contributed by atoms with Crippen LogP contribution < -0.4 is 11.1 Å². The zero-order valence-electron chi connectivity index (χ0n) is 9.06. The Hall–Kier alpha value is -1.08. The molecular weight excluding hydrogens is 264 g/mol. The van der Waals surface area contributed by atoms with Gasteiger partial charge in [0.15, 0.2) is 11.0 Å². The van der Waals surface area contributed by atoms with Crippen molar-refractivity contribution >= 4 is 32.9 Å². The van der Waals surface area contributed by atoms with Crippen molar-refractivity contribution in [2.45, 2.75) is 18.9 Å². The summed E-state index contributed by atoms with van der Waals surface area (Å²) in [5, 5.41) is 3.30. The minimum absolute atomic E-state index is 0.0618. The quantitative estimate of drug-likeness (QED) is 0.772. The Balaban J connectivity index is 2.05. The molecule has 0 amide bonds. The molecule has 2 rings (SSSR count). The Morgan fingerprint density at radius 2 is 2.00 bits per heavy atom. The van der Waals surface area contributed by atoms with Crippen LogP contribution in [0.2, 0.25) is 5.15 Å². The molecule has 94 valence electrons. The van der Waals surface area contributed by atoms with Crippen molar-refractivity contribution in [2.24, 2.45) is 0 Å². The summed E-state index contributed by atoms with van der Waals surface area (Å²) < 4.78 is 22.5. The summed E-state index contributed by atoms with van der Waals surface area (Å²) in [6, 6.07) is 0.0618. The molecule has 1 fully saturated rings. The first kappa shape index (κ1) is 12.4. The van der Waals surface area contributed by atoms with Crippen LogP contribution in [0.1, 0.15) is 12.8 Å². The van der Waals surface area contributed by atoms with Crippen LogP contribution in [0, 0.1) is 0 Å². The molecule has 1 saturated heterocycles. The number of aromatic nitrogens is 2. The third-order valence-electron chi connectivity index (χ3n) is 2.73. The van der Waals surface area contributed by atoms with Gasteiger partial charge in [-0.1, -0.05) is 11.6 Å². The van der Waals surface area contributed by atoms with Gasteiger partial charge in [0.25, 0.3) is 0 Å². The van der Waals surface area contributed by atoms with E-state index in [1.807, 2.05) is 0 Å². The SMILES string of the molecule is Nc1c(Cl)ncnc1NC1CCS(=O)(=O)CC1. The summed E-state index contributed by atoms with van der Waals surface area (Å²) in [7, 11) is -2.86. The van der Waals surface area contributed by atoms with E-state index in [1.54, 1.807) is 0 Å². The Morgan fingerprint density at radius 1 is 1.35 bits per heavy atom. The lowest BCUT2D eigenvalue weighted by atomic mass is 10.1. The van der Waals surface area contributed by atoms with Crippen LogP contribution in [-0.4, -0.2) is 35.9 Å². The largest absolute Gasteiger partial charge is 0.393 e. The van der Waals surface area contributed by atoms with Gasteiger partial charge in [-0.15, -0.1) is 0 Å². The van der Waals surface area contributed by atoms with E-state index < -0.39 is 9.84 Å². The molecule has 1 aliphatic heterocycles. The smallest absolute Gasteiger partial charge is 0.157 e. The van der Waals surface area contributed by atoms with Crippen LogP contribution in [-0.2, 0) is 9.84 Å². The van der Waals surface area contributed by atoms with Crippen molar-refractivity contribution in [1.29, 1.82) is 0 Å². The average Bonchev–Trinajstić information content (AvgIpc) is 2.27. The number of halogens is 1. The van der Waals surface area contributed by atoms with Crippen LogP contribution in [0.5, 0.6) is 0 Å². The highest BCUT2D eigenvalue weighted by molar-refractivity contribution is 7.91. The lowest BCUT2D eigenvalue weighted by Crippen LogP contribution is -2.32. The van der Waals surface area contributed by atoms with E-state index >= 15 is 0 Å². The van der Waals surface area contributed by atoms with Gasteiger partial charge in [0, 0.05) is 6.04 Å². The topological polar surface area (TPSA) is 98.0 Å². The van der Waals surface area contributed by atoms with Crippen molar-refractivity contribution in [3.05, 3.63) is 11.5 Å². The van der Waals surface area contributed by atoms with Crippen molar-refractivity contribution in [2.75, 3.05) is 22.6 Å². The van der Waals surface area contributed by atoms with E-state index in [9.17, 15) is 8.42 Å². The van der Waals surface area contributed by atoms with Gasteiger partial charge in [-0.3, -0.25) is 0 Å². The Labute approximate surface area is 105 Å². The Kier molecular flexibility index (Phi) is 3.39. The molecular formula is C9H13ClN4O2S. The molecule has 1 aromatic heterocycles. The van der Waals surface area contributed by atoms with E-state index in [2.05, 4.69) is 15.3 Å². The second-order valence-corrected chi connectivity index (χ2v) is 6.66. The van der Waals surface area contributed by atoms with Gasteiger partial charge in [0.1, 0.15) is 21.9 Å². The fourth-order valence-corrected chi connectivity index (χ4v) is 3.34. The zero-order valence-corrected chi connectivity index (χ0v) is 10.6. The molecule has 8 heteroatoms. The summed E-state index contributed by atoms with van der Waals surface area (Å²) in [6.45, 7) is 0. The van der Waals surface area contributed by atoms with Gasteiger partial charge >= 0.3 is 0 Å². The number of hydrogen-bond donors (Lipinski definition) is 2. The number of nitrogen functional groups attached to an aromatic ring is 1. The van der Waals surface area contributed by atoms with Gasteiger partial charge in [0.2, 0.25) is 0 Å². The second kappa shape index (κ2) is 4.66. The van der Waals surface area contributed by atoms with Gasteiger partial charge in [-0.25, -0.2) is 18.4 Å². The average molecular weight is 277 g/mol. The van der Waals surface area contributed by atoms with Crippen molar-refractivity contribution in [3.63, 3.8) is 0 Å². The first-order valence-electron chi connectivity index (χ1n) is 5.21. The van der Waals surface area contributed by atoms with E-state index in [4.69, 9.17) is 17.3 Å². The minimum Gasteiger partial charge on any atom is -0.393 e. The Bertz CT molecular complexity index is 506. The first-order chi connectivity index (χ1) is 7.98. The molecule has 3 N–H and O–H groups in total. The molecule has 0 saturated carbocycles. The Morgan fingerprint density at radius 3 is 2.65 bits per heavy atom. The van der Waals surface area contributed by atoms with E-state index in [1.165, 1.54) is 6.33 Å². The van der Waals surface area contributed by atoms with Crippen molar-refractivity contribution in [3.8, 4) is 0 Å². The van der Waals surface area contributed by atoms with E-state index in [-0.39, 0.29) is 22.7 Å². The standard InChI is InChI=1S/C9H13ClN4O2S/c10-8-7(11)9(13-5-12-8)14-6-1-3-17(15,16)4-2-6/h5-6H,1-4,11H2,(H,12,13,14).